The van der Waals surface area contributed by atoms with Gasteiger partial charge in [0.05, 0.1) is 5.25 Å². The van der Waals surface area contributed by atoms with Crippen molar-refractivity contribution in [2.45, 2.75) is 50.2 Å². The van der Waals surface area contributed by atoms with Gasteiger partial charge in [-0.3, -0.25) is 4.79 Å². The van der Waals surface area contributed by atoms with Crippen LogP contribution in [0.15, 0.2) is 0 Å². The van der Waals surface area contributed by atoms with E-state index >= 15 is 0 Å². The SMILES string of the molecule is CS(=O)(=O)C1CCN(C(=O)CC2CCCCC2)C1. The molecule has 1 amide bonds. The van der Waals surface area contributed by atoms with E-state index in [1.165, 1.54) is 25.5 Å². The van der Waals surface area contributed by atoms with Gasteiger partial charge in [-0.05, 0) is 25.2 Å². The molecule has 0 radical (unpaired) electrons. The van der Waals surface area contributed by atoms with Crippen LogP contribution in [-0.2, 0) is 14.6 Å². The molecule has 0 aromatic carbocycles. The molecular weight excluding hydrogens is 250 g/mol. The number of carbonyl (C=O) groups is 1. The predicted molar refractivity (Wildman–Crippen MR) is 71.0 cm³/mol. The van der Waals surface area contributed by atoms with Crippen LogP contribution in [-0.4, -0.2) is 43.8 Å². The molecule has 2 fully saturated rings. The Hall–Kier alpha value is -0.580. The van der Waals surface area contributed by atoms with Gasteiger partial charge in [0.1, 0.15) is 0 Å². The molecule has 0 bridgehead atoms. The Morgan fingerprint density at radius 3 is 2.39 bits per heavy atom. The molecule has 1 saturated heterocycles. The zero-order valence-corrected chi connectivity index (χ0v) is 11.9. The number of rotatable bonds is 3. The third-order valence-electron chi connectivity index (χ3n) is 4.29. The summed E-state index contributed by atoms with van der Waals surface area (Å²) in [5.41, 5.74) is 0. The van der Waals surface area contributed by atoms with Crippen molar-refractivity contribution in [2.75, 3.05) is 19.3 Å². The summed E-state index contributed by atoms with van der Waals surface area (Å²) in [5, 5.41) is -0.340. The van der Waals surface area contributed by atoms with Gasteiger partial charge in [0.25, 0.3) is 0 Å². The maximum atomic E-state index is 12.1. The Labute approximate surface area is 110 Å². The maximum absolute atomic E-state index is 12.1. The lowest BCUT2D eigenvalue weighted by Gasteiger charge is -2.24. The van der Waals surface area contributed by atoms with E-state index in [9.17, 15) is 13.2 Å². The molecule has 4 nitrogen and oxygen atoms in total. The summed E-state index contributed by atoms with van der Waals surface area (Å²) >= 11 is 0. The van der Waals surface area contributed by atoms with Gasteiger partial charge in [0.15, 0.2) is 9.84 Å². The molecule has 0 spiro atoms. The molecule has 5 heteroatoms. The van der Waals surface area contributed by atoms with E-state index < -0.39 is 9.84 Å². The Kier molecular flexibility index (Phi) is 4.30. The first kappa shape index (κ1) is 13.8. The number of hydrogen-bond donors (Lipinski definition) is 0. The fourth-order valence-electron chi connectivity index (χ4n) is 3.07. The highest BCUT2D eigenvalue weighted by molar-refractivity contribution is 7.91. The second-order valence-electron chi connectivity index (χ2n) is 5.79. The summed E-state index contributed by atoms with van der Waals surface area (Å²) in [5.74, 6) is 0.691. The Bertz CT molecular complexity index is 398. The lowest BCUT2D eigenvalue weighted by atomic mass is 9.87. The van der Waals surface area contributed by atoms with Gasteiger partial charge in [0.2, 0.25) is 5.91 Å². The zero-order chi connectivity index (χ0) is 13.2. The number of amides is 1. The molecule has 1 unspecified atom stereocenters. The Balaban J connectivity index is 1.83. The fraction of sp³-hybridized carbons (Fsp3) is 0.923. The molecular formula is C13H23NO3S. The van der Waals surface area contributed by atoms with Crippen LogP contribution in [0, 0.1) is 5.92 Å². The van der Waals surface area contributed by atoms with Crippen molar-refractivity contribution < 1.29 is 13.2 Å². The second-order valence-corrected chi connectivity index (χ2v) is 8.11. The first-order valence-electron chi connectivity index (χ1n) is 6.93. The molecule has 104 valence electrons. The van der Waals surface area contributed by atoms with Crippen LogP contribution >= 0.6 is 0 Å². The first-order valence-corrected chi connectivity index (χ1v) is 8.89. The minimum atomic E-state index is -3.00. The fourth-order valence-corrected chi connectivity index (χ4v) is 4.06. The van der Waals surface area contributed by atoms with Gasteiger partial charge >= 0.3 is 0 Å². The van der Waals surface area contributed by atoms with E-state index in [0.29, 0.717) is 31.8 Å². The van der Waals surface area contributed by atoms with Crippen molar-refractivity contribution in [1.29, 1.82) is 0 Å². The highest BCUT2D eigenvalue weighted by Crippen LogP contribution is 2.27. The summed E-state index contributed by atoms with van der Waals surface area (Å²) < 4.78 is 22.9. The molecule has 1 heterocycles. The number of sulfone groups is 1. The molecule has 0 aromatic rings. The zero-order valence-electron chi connectivity index (χ0n) is 11.1. The van der Waals surface area contributed by atoms with Gasteiger partial charge in [-0.2, -0.15) is 0 Å². The second kappa shape index (κ2) is 5.59. The molecule has 1 saturated carbocycles. The van der Waals surface area contributed by atoms with Gasteiger partial charge in [-0.25, -0.2) is 8.42 Å². The van der Waals surface area contributed by atoms with Crippen LogP contribution < -0.4 is 0 Å². The van der Waals surface area contributed by atoms with Crippen molar-refractivity contribution in [3.05, 3.63) is 0 Å². The minimum absolute atomic E-state index is 0.160. The monoisotopic (exact) mass is 273 g/mol. The number of nitrogens with zero attached hydrogens (tertiary/aromatic N) is 1. The van der Waals surface area contributed by atoms with E-state index in [1.54, 1.807) is 4.90 Å². The lowest BCUT2D eigenvalue weighted by molar-refractivity contribution is -0.131. The van der Waals surface area contributed by atoms with Crippen molar-refractivity contribution in [3.8, 4) is 0 Å². The predicted octanol–water partition coefficient (Wildman–Crippen LogP) is 1.60. The van der Waals surface area contributed by atoms with Gasteiger partial charge < -0.3 is 4.90 Å². The molecule has 1 aliphatic heterocycles. The van der Waals surface area contributed by atoms with Crippen LogP contribution in [0.25, 0.3) is 0 Å². The Morgan fingerprint density at radius 2 is 1.83 bits per heavy atom. The number of hydrogen-bond acceptors (Lipinski definition) is 3. The van der Waals surface area contributed by atoms with E-state index in [0.717, 1.165) is 12.8 Å². The molecule has 2 rings (SSSR count). The van der Waals surface area contributed by atoms with Gasteiger partial charge in [0, 0.05) is 25.8 Å². The van der Waals surface area contributed by atoms with Gasteiger partial charge in [-0.1, -0.05) is 19.3 Å². The normalized spacial score (nSPS) is 26.5. The topological polar surface area (TPSA) is 54.5 Å². The van der Waals surface area contributed by atoms with Crippen LogP contribution in [0.2, 0.25) is 0 Å². The maximum Gasteiger partial charge on any atom is 0.222 e. The van der Waals surface area contributed by atoms with Crippen LogP contribution in [0.5, 0.6) is 0 Å². The molecule has 1 atom stereocenters. The van der Waals surface area contributed by atoms with E-state index in [2.05, 4.69) is 0 Å². The molecule has 2 aliphatic rings. The molecule has 18 heavy (non-hydrogen) atoms. The molecule has 1 aliphatic carbocycles. The standard InChI is InChI=1S/C13H23NO3S/c1-18(16,17)12-7-8-14(10-12)13(15)9-11-5-3-2-4-6-11/h11-12H,2-10H2,1H3. The van der Waals surface area contributed by atoms with E-state index in [-0.39, 0.29) is 11.2 Å². The highest BCUT2D eigenvalue weighted by Gasteiger charge is 2.33. The largest absolute Gasteiger partial charge is 0.341 e. The smallest absolute Gasteiger partial charge is 0.222 e. The summed E-state index contributed by atoms with van der Waals surface area (Å²) in [7, 11) is -3.00. The minimum Gasteiger partial charge on any atom is -0.341 e. The summed E-state index contributed by atoms with van der Waals surface area (Å²) in [6.07, 6.45) is 8.60. The van der Waals surface area contributed by atoms with Gasteiger partial charge in [-0.15, -0.1) is 0 Å². The van der Waals surface area contributed by atoms with Crippen molar-refractivity contribution in [3.63, 3.8) is 0 Å². The van der Waals surface area contributed by atoms with E-state index in [1.807, 2.05) is 0 Å². The van der Waals surface area contributed by atoms with Crippen molar-refractivity contribution in [1.82, 2.24) is 4.90 Å². The highest BCUT2D eigenvalue weighted by atomic mass is 32.2. The lowest BCUT2D eigenvalue weighted by Crippen LogP contribution is -2.33. The molecule has 0 aromatic heterocycles. The van der Waals surface area contributed by atoms with Crippen LogP contribution in [0.4, 0.5) is 0 Å². The van der Waals surface area contributed by atoms with Crippen molar-refractivity contribution in [2.24, 2.45) is 5.92 Å². The Morgan fingerprint density at radius 1 is 1.17 bits per heavy atom. The summed E-state index contributed by atoms with van der Waals surface area (Å²) in [6, 6.07) is 0. The molecule has 0 N–H and O–H groups in total. The summed E-state index contributed by atoms with van der Waals surface area (Å²) in [6.45, 7) is 1.02. The number of likely N-dealkylation sites (tertiary alicyclic amines) is 1. The van der Waals surface area contributed by atoms with Crippen molar-refractivity contribution >= 4 is 15.7 Å². The van der Waals surface area contributed by atoms with E-state index in [4.69, 9.17) is 0 Å². The first-order chi connectivity index (χ1) is 8.47. The average Bonchev–Trinajstić information content (AvgIpc) is 2.79. The van der Waals surface area contributed by atoms with Crippen LogP contribution in [0.3, 0.4) is 0 Å². The summed E-state index contributed by atoms with van der Waals surface area (Å²) in [4.78, 5) is 13.9. The van der Waals surface area contributed by atoms with Crippen LogP contribution in [0.1, 0.15) is 44.9 Å². The third-order valence-corrected chi connectivity index (χ3v) is 5.89. The third kappa shape index (κ3) is 3.46. The average molecular weight is 273 g/mol. The number of carbonyl (C=O) groups excluding carboxylic acids is 1. The quantitative estimate of drug-likeness (QED) is 0.785.